The van der Waals surface area contributed by atoms with Crippen LogP contribution >= 0.6 is 34.8 Å². The third kappa shape index (κ3) is 4.84. The van der Waals surface area contributed by atoms with E-state index in [1.807, 2.05) is 0 Å². The lowest BCUT2D eigenvalue weighted by Crippen LogP contribution is -2.41. The zero-order valence-corrected chi connectivity index (χ0v) is 15.5. The van der Waals surface area contributed by atoms with Crippen LogP contribution in [0.3, 0.4) is 0 Å². The quantitative estimate of drug-likeness (QED) is 0.788. The number of sulfonamides is 1. The summed E-state index contributed by atoms with van der Waals surface area (Å²) in [5.74, 6) is -0.529. The summed E-state index contributed by atoms with van der Waals surface area (Å²) in [5, 5.41) is 3.34. The van der Waals surface area contributed by atoms with E-state index in [1.165, 1.54) is 25.1 Å². The number of carbonyl (C=O) groups is 1. The van der Waals surface area contributed by atoms with Gasteiger partial charge in [-0.15, -0.1) is 0 Å². The zero-order valence-electron chi connectivity index (χ0n) is 12.4. The number of benzene rings is 2. The summed E-state index contributed by atoms with van der Waals surface area (Å²) in [7, 11) is -4.01. The Morgan fingerprint density at radius 3 is 2.21 bits per heavy atom. The molecule has 0 unspecified atom stereocenters. The first-order valence-corrected chi connectivity index (χ1v) is 9.34. The van der Waals surface area contributed by atoms with Crippen LogP contribution in [0, 0.1) is 0 Å². The summed E-state index contributed by atoms with van der Waals surface area (Å²) in [6.07, 6.45) is 0. The van der Waals surface area contributed by atoms with Gasteiger partial charge in [0, 0.05) is 15.7 Å². The van der Waals surface area contributed by atoms with Crippen LogP contribution in [-0.4, -0.2) is 20.4 Å². The van der Waals surface area contributed by atoms with Crippen LogP contribution in [0.2, 0.25) is 15.1 Å². The van der Waals surface area contributed by atoms with Gasteiger partial charge in [-0.1, -0.05) is 34.8 Å². The van der Waals surface area contributed by atoms with E-state index in [2.05, 4.69) is 10.0 Å². The molecule has 24 heavy (non-hydrogen) atoms. The Balaban J connectivity index is 2.12. The van der Waals surface area contributed by atoms with Crippen LogP contribution in [0.5, 0.6) is 0 Å². The van der Waals surface area contributed by atoms with E-state index in [-0.39, 0.29) is 14.9 Å². The molecule has 2 rings (SSSR count). The molecule has 0 aliphatic rings. The molecule has 128 valence electrons. The summed E-state index contributed by atoms with van der Waals surface area (Å²) in [5.41, 5.74) is 0.497. The van der Waals surface area contributed by atoms with E-state index in [0.717, 1.165) is 0 Å². The van der Waals surface area contributed by atoms with Crippen LogP contribution < -0.4 is 10.0 Å². The Kier molecular flexibility index (Phi) is 6.11. The molecule has 0 spiro atoms. The van der Waals surface area contributed by atoms with E-state index in [0.29, 0.717) is 10.7 Å². The largest absolute Gasteiger partial charge is 0.325 e. The molecule has 5 nitrogen and oxygen atoms in total. The van der Waals surface area contributed by atoms with Gasteiger partial charge >= 0.3 is 0 Å². The minimum absolute atomic E-state index is 0.0113. The smallest absolute Gasteiger partial charge is 0.242 e. The van der Waals surface area contributed by atoms with Crippen LogP contribution in [0.25, 0.3) is 0 Å². The van der Waals surface area contributed by atoms with Crippen molar-refractivity contribution in [2.45, 2.75) is 17.9 Å². The van der Waals surface area contributed by atoms with Crippen LogP contribution in [0.4, 0.5) is 5.69 Å². The van der Waals surface area contributed by atoms with Crippen molar-refractivity contribution >= 4 is 56.4 Å². The maximum atomic E-state index is 12.4. The lowest BCUT2D eigenvalue weighted by atomic mass is 10.3. The van der Waals surface area contributed by atoms with Gasteiger partial charge in [0.1, 0.15) is 4.90 Å². The van der Waals surface area contributed by atoms with Crippen molar-refractivity contribution in [3.8, 4) is 0 Å². The Morgan fingerprint density at radius 2 is 1.58 bits per heavy atom. The molecule has 9 heteroatoms. The van der Waals surface area contributed by atoms with Crippen molar-refractivity contribution in [3.63, 3.8) is 0 Å². The number of halogens is 3. The van der Waals surface area contributed by atoms with Crippen molar-refractivity contribution in [2.24, 2.45) is 0 Å². The summed E-state index contributed by atoms with van der Waals surface area (Å²) < 4.78 is 27.0. The second kappa shape index (κ2) is 7.72. The molecule has 2 aromatic rings. The second-order valence-corrected chi connectivity index (χ2v) is 7.88. The average molecular weight is 408 g/mol. The number of hydrogen-bond acceptors (Lipinski definition) is 3. The summed E-state index contributed by atoms with van der Waals surface area (Å²) >= 11 is 17.5. The Bertz CT molecular complexity index is 855. The van der Waals surface area contributed by atoms with E-state index in [9.17, 15) is 13.2 Å². The van der Waals surface area contributed by atoms with Gasteiger partial charge in [-0.25, -0.2) is 8.42 Å². The highest BCUT2D eigenvalue weighted by Crippen LogP contribution is 2.25. The molecule has 0 aliphatic heterocycles. The maximum absolute atomic E-state index is 12.4. The number of rotatable bonds is 5. The SMILES string of the molecule is C[C@@H](NS(=O)(=O)c1cc(Cl)ccc1Cl)C(=O)Nc1ccc(Cl)cc1. The number of hydrogen-bond donors (Lipinski definition) is 2. The van der Waals surface area contributed by atoms with E-state index in [1.54, 1.807) is 24.3 Å². The van der Waals surface area contributed by atoms with E-state index >= 15 is 0 Å². The fraction of sp³-hybridized carbons (Fsp3) is 0.133. The minimum atomic E-state index is -4.01. The molecule has 2 N–H and O–H groups in total. The molecule has 0 saturated heterocycles. The molecule has 0 heterocycles. The van der Waals surface area contributed by atoms with Crippen LogP contribution in [-0.2, 0) is 14.8 Å². The van der Waals surface area contributed by atoms with Gasteiger partial charge in [0.05, 0.1) is 11.1 Å². The maximum Gasteiger partial charge on any atom is 0.242 e. The number of nitrogens with one attached hydrogen (secondary N) is 2. The Hall–Kier alpha value is -1.31. The van der Waals surface area contributed by atoms with Crippen LogP contribution in [0.1, 0.15) is 6.92 Å². The van der Waals surface area contributed by atoms with Crippen molar-refractivity contribution in [3.05, 3.63) is 57.5 Å². The molecule has 0 saturated carbocycles. The predicted molar refractivity (Wildman–Crippen MR) is 96.3 cm³/mol. The Labute approximate surface area is 155 Å². The van der Waals surface area contributed by atoms with Gasteiger partial charge in [0.25, 0.3) is 0 Å². The molecule has 0 fully saturated rings. The highest BCUT2D eigenvalue weighted by Gasteiger charge is 2.24. The van der Waals surface area contributed by atoms with Gasteiger partial charge < -0.3 is 5.32 Å². The third-order valence-electron chi connectivity index (χ3n) is 3.02. The standard InChI is InChI=1S/C15H13Cl3N2O3S/c1-9(15(21)19-12-5-2-10(16)3-6-12)20-24(22,23)14-8-11(17)4-7-13(14)18/h2-9,20H,1H3,(H,19,21)/t9-/m1/s1. The van der Waals surface area contributed by atoms with Crippen molar-refractivity contribution in [1.29, 1.82) is 0 Å². The highest BCUT2D eigenvalue weighted by atomic mass is 35.5. The molecule has 1 atom stereocenters. The lowest BCUT2D eigenvalue weighted by molar-refractivity contribution is -0.117. The molecule has 1 amide bonds. The van der Waals surface area contributed by atoms with Gasteiger partial charge in [-0.05, 0) is 49.4 Å². The number of carbonyl (C=O) groups excluding carboxylic acids is 1. The fourth-order valence-electron chi connectivity index (χ4n) is 1.82. The Morgan fingerprint density at radius 1 is 1.00 bits per heavy atom. The monoisotopic (exact) mass is 406 g/mol. The van der Waals surface area contributed by atoms with Gasteiger partial charge in [-0.3, -0.25) is 4.79 Å². The molecule has 0 bridgehead atoms. The molecule has 0 aliphatic carbocycles. The van der Waals surface area contributed by atoms with Gasteiger partial charge in [0.15, 0.2) is 0 Å². The van der Waals surface area contributed by atoms with Gasteiger partial charge in [0.2, 0.25) is 15.9 Å². The second-order valence-electron chi connectivity index (χ2n) is 4.91. The molecular weight excluding hydrogens is 395 g/mol. The summed E-state index contributed by atoms with van der Waals surface area (Å²) in [6, 6.07) is 9.47. The fourth-order valence-corrected chi connectivity index (χ4v) is 3.91. The first kappa shape index (κ1) is 19.0. The first-order valence-electron chi connectivity index (χ1n) is 6.73. The molecular formula is C15H13Cl3N2O3S. The third-order valence-corrected chi connectivity index (χ3v) is 5.53. The van der Waals surface area contributed by atoms with E-state index < -0.39 is 22.0 Å². The average Bonchev–Trinajstić information content (AvgIpc) is 2.51. The predicted octanol–water partition coefficient (Wildman–Crippen LogP) is 3.95. The minimum Gasteiger partial charge on any atom is -0.325 e. The molecule has 0 radical (unpaired) electrons. The number of amides is 1. The normalized spacial score (nSPS) is 12.7. The summed E-state index contributed by atoms with van der Waals surface area (Å²) in [6.45, 7) is 1.42. The van der Waals surface area contributed by atoms with Crippen LogP contribution in [0.15, 0.2) is 47.4 Å². The zero-order chi connectivity index (χ0) is 17.9. The molecule has 0 aromatic heterocycles. The first-order chi connectivity index (χ1) is 11.2. The van der Waals surface area contributed by atoms with Gasteiger partial charge in [-0.2, -0.15) is 4.72 Å². The lowest BCUT2D eigenvalue weighted by Gasteiger charge is -2.15. The van der Waals surface area contributed by atoms with E-state index in [4.69, 9.17) is 34.8 Å². The topological polar surface area (TPSA) is 75.3 Å². The molecule has 2 aromatic carbocycles. The van der Waals surface area contributed by atoms with Crippen molar-refractivity contribution in [2.75, 3.05) is 5.32 Å². The number of anilines is 1. The van der Waals surface area contributed by atoms with Crippen molar-refractivity contribution < 1.29 is 13.2 Å². The van der Waals surface area contributed by atoms with Crippen molar-refractivity contribution in [1.82, 2.24) is 4.72 Å². The highest BCUT2D eigenvalue weighted by molar-refractivity contribution is 7.89. The summed E-state index contributed by atoms with van der Waals surface area (Å²) in [4.78, 5) is 11.9.